The molecule has 0 bridgehead atoms. The van der Waals surface area contributed by atoms with E-state index in [0.29, 0.717) is 0 Å². The van der Waals surface area contributed by atoms with Gasteiger partial charge in [0.05, 0.1) is 6.54 Å². The summed E-state index contributed by atoms with van der Waals surface area (Å²) in [6.45, 7) is 6.85. The van der Waals surface area contributed by atoms with Gasteiger partial charge in [0.1, 0.15) is 17.5 Å². The first kappa shape index (κ1) is 12.8. The molecule has 0 aliphatic heterocycles. The van der Waals surface area contributed by atoms with Gasteiger partial charge in [0.2, 0.25) is 0 Å². The fourth-order valence-corrected chi connectivity index (χ4v) is 2.63. The van der Waals surface area contributed by atoms with Gasteiger partial charge in [-0.3, -0.25) is 0 Å². The zero-order valence-corrected chi connectivity index (χ0v) is 12.0. The molecule has 0 atom stereocenters. The van der Waals surface area contributed by atoms with Gasteiger partial charge in [-0.1, -0.05) is 0 Å². The normalized spacial score (nSPS) is 10.4. The molecule has 96 valence electrons. The first-order valence-corrected chi connectivity index (χ1v) is 6.74. The number of nitrogens with zero attached hydrogens (tertiary/aromatic N) is 2. The number of hydrogen-bond acceptors (Lipinski definition) is 5. The highest BCUT2D eigenvalue weighted by Crippen LogP contribution is 2.21. The summed E-state index contributed by atoms with van der Waals surface area (Å²) in [5.74, 6) is 2.56. The molecular formula is C13H18N4S. The Labute approximate surface area is 111 Å². The Morgan fingerprint density at radius 1 is 1.11 bits per heavy atom. The minimum Gasteiger partial charge on any atom is -0.373 e. The van der Waals surface area contributed by atoms with Gasteiger partial charge >= 0.3 is 0 Å². The zero-order valence-electron chi connectivity index (χ0n) is 11.2. The number of aryl methyl sites for hydroxylation is 2. The van der Waals surface area contributed by atoms with Gasteiger partial charge < -0.3 is 10.6 Å². The van der Waals surface area contributed by atoms with Crippen molar-refractivity contribution in [3.63, 3.8) is 0 Å². The van der Waals surface area contributed by atoms with Crippen molar-refractivity contribution < 1.29 is 0 Å². The zero-order chi connectivity index (χ0) is 13.1. The second-order valence-electron chi connectivity index (χ2n) is 4.21. The second kappa shape index (κ2) is 5.35. The minimum atomic E-state index is 0.773. The van der Waals surface area contributed by atoms with Crippen LogP contribution in [0.5, 0.6) is 0 Å². The van der Waals surface area contributed by atoms with Crippen LogP contribution >= 0.6 is 11.3 Å². The fourth-order valence-electron chi connectivity index (χ4n) is 1.79. The predicted octanol–water partition coefficient (Wildman–Crippen LogP) is 3.12. The number of thiophene rings is 1. The van der Waals surface area contributed by atoms with Gasteiger partial charge in [-0.2, -0.15) is 0 Å². The number of nitrogens with one attached hydrogen (secondary N) is 2. The molecule has 2 heterocycles. The minimum absolute atomic E-state index is 0.773. The van der Waals surface area contributed by atoms with Crippen molar-refractivity contribution in [2.24, 2.45) is 0 Å². The summed E-state index contributed by atoms with van der Waals surface area (Å²) >= 11 is 1.81. The average molecular weight is 262 g/mol. The van der Waals surface area contributed by atoms with E-state index < -0.39 is 0 Å². The quantitative estimate of drug-likeness (QED) is 0.889. The topological polar surface area (TPSA) is 49.8 Å². The second-order valence-corrected chi connectivity index (χ2v) is 5.58. The van der Waals surface area contributed by atoms with Gasteiger partial charge in [-0.05, 0) is 32.9 Å². The van der Waals surface area contributed by atoms with E-state index in [9.17, 15) is 0 Å². The Balaban J connectivity index is 2.16. The van der Waals surface area contributed by atoms with Crippen LogP contribution in [0.1, 0.15) is 21.1 Å². The summed E-state index contributed by atoms with van der Waals surface area (Å²) in [7, 11) is 1.88. The Morgan fingerprint density at radius 3 is 2.44 bits per heavy atom. The van der Waals surface area contributed by atoms with Crippen molar-refractivity contribution in [3.8, 4) is 0 Å². The molecule has 5 heteroatoms. The maximum absolute atomic E-state index is 4.45. The molecule has 0 radical (unpaired) electrons. The molecule has 2 N–H and O–H groups in total. The van der Waals surface area contributed by atoms with Crippen LogP contribution in [0.15, 0.2) is 12.1 Å². The SMILES string of the molecule is CNc1nc(C)nc(NCc2ccc(C)s2)c1C. The largest absolute Gasteiger partial charge is 0.373 e. The molecule has 2 aromatic heterocycles. The monoisotopic (exact) mass is 262 g/mol. The standard InChI is InChI=1S/C13H18N4S/c1-8-5-6-11(18-8)7-15-13-9(2)12(14-4)16-10(3)17-13/h5-6H,7H2,1-4H3,(H2,14,15,16,17). The van der Waals surface area contributed by atoms with Crippen LogP contribution in [0.25, 0.3) is 0 Å². The molecule has 0 aromatic carbocycles. The summed E-state index contributed by atoms with van der Waals surface area (Å²) < 4.78 is 0. The van der Waals surface area contributed by atoms with Crippen LogP contribution in [0, 0.1) is 20.8 Å². The predicted molar refractivity (Wildman–Crippen MR) is 77.4 cm³/mol. The molecule has 0 saturated carbocycles. The van der Waals surface area contributed by atoms with Crippen LogP contribution in [-0.4, -0.2) is 17.0 Å². The van der Waals surface area contributed by atoms with Gasteiger partial charge in [0, 0.05) is 22.4 Å². The van der Waals surface area contributed by atoms with E-state index >= 15 is 0 Å². The lowest BCUT2D eigenvalue weighted by molar-refractivity contribution is 1.01. The van der Waals surface area contributed by atoms with Crippen molar-refractivity contribution in [2.45, 2.75) is 27.3 Å². The van der Waals surface area contributed by atoms with E-state index in [-0.39, 0.29) is 0 Å². The molecule has 18 heavy (non-hydrogen) atoms. The van der Waals surface area contributed by atoms with E-state index in [0.717, 1.165) is 29.6 Å². The highest BCUT2D eigenvalue weighted by molar-refractivity contribution is 7.11. The van der Waals surface area contributed by atoms with E-state index in [2.05, 4.69) is 39.7 Å². The Morgan fingerprint density at radius 2 is 1.83 bits per heavy atom. The summed E-state index contributed by atoms with van der Waals surface area (Å²) in [4.78, 5) is 11.4. The molecule has 2 aromatic rings. The lowest BCUT2D eigenvalue weighted by Gasteiger charge is -2.11. The molecule has 0 saturated heterocycles. The first-order valence-electron chi connectivity index (χ1n) is 5.92. The van der Waals surface area contributed by atoms with Gasteiger partial charge in [0.15, 0.2) is 0 Å². The van der Waals surface area contributed by atoms with Crippen LogP contribution < -0.4 is 10.6 Å². The van der Waals surface area contributed by atoms with Gasteiger partial charge in [-0.25, -0.2) is 9.97 Å². The summed E-state index contributed by atoms with van der Waals surface area (Å²) in [6, 6.07) is 4.29. The Hall–Kier alpha value is -1.62. The van der Waals surface area contributed by atoms with Crippen LogP contribution in [0.2, 0.25) is 0 Å². The van der Waals surface area contributed by atoms with E-state index in [1.807, 2.05) is 20.9 Å². The van der Waals surface area contributed by atoms with E-state index in [4.69, 9.17) is 0 Å². The molecule has 0 aliphatic rings. The van der Waals surface area contributed by atoms with Crippen LogP contribution in [0.4, 0.5) is 11.6 Å². The summed E-state index contributed by atoms with van der Waals surface area (Å²) in [5.41, 5.74) is 1.05. The molecular weight excluding hydrogens is 244 g/mol. The molecule has 0 aliphatic carbocycles. The summed E-state index contributed by atoms with van der Waals surface area (Å²) in [5, 5.41) is 6.47. The van der Waals surface area contributed by atoms with Crippen molar-refractivity contribution >= 4 is 23.0 Å². The lowest BCUT2D eigenvalue weighted by atomic mass is 10.3. The number of aromatic nitrogens is 2. The van der Waals surface area contributed by atoms with Crippen LogP contribution in [0.3, 0.4) is 0 Å². The van der Waals surface area contributed by atoms with Crippen LogP contribution in [-0.2, 0) is 6.54 Å². The third kappa shape index (κ3) is 2.79. The molecule has 4 nitrogen and oxygen atoms in total. The van der Waals surface area contributed by atoms with E-state index in [1.54, 1.807) is 11.3 Å². The number of anilines is 2. The molecule has 0 amide bonds. The number of hydrogen-bond donors (Lipinski definition) is 2. The third-order valence-corrected chi connectivity index (χ3v) is 3.72. The maximum atomic E-state index is 4.45. The highest BCUT2D eigenvalue weighted by atomic mass is 32.1. The van der Waals surface area contributed by atoms with Crippen molar-refractivity contribution in [1.82, 2.24) is 9.97 Å². The van der Waals surface area contributed by atoms with Gasteiger partial charge in [0.25, 0.3) is 0 Å². The smallest absolute Gasteiger partial charge is 0.135 e. The Kier molecular flexibility index (Phi) is 3.81. The third-order valence-electron chi connectivity index (χ3n) is 2.72. The van der Waals surface area contributed by atoms with Crippen molar-refractivity contribution in [3.05, 3.63) is 33.3 Å². The average Bonchev–Trinajstić information content (AvgIpc) is 2.75. The molecule has 0 spiro atoms. The summed E-state index contributed by atoms with van der Waals surface area (Å²) in [6.07, 6.45) is 0. The van der Waals surface area contributed by atoms with E-state index in [1.165, 1.54) is 9.75 Å². The van der Waals surface area contributed by atoms with Gasteiger partial charge in [-0.15, -0.1) is 11.3 Å². The Bertz CT molecular complexity index is 548. The van der Waals surface area contributed by atoms with Crippen molar-refractivity contribution in [1.29, 1.82) is 0 Å². The molecule has 0 fully saturated rings. The molecule has 0 unspecified atom stereocenters. The first-order chi connectivity index (χ1) is 8.60. The lowest BCUT2D eigenvalue weighted by Crippen LogP contribution is -2.07. The highest BCUT2D eigenvalue weighted by Gasteiger charge is 2.08. The molecule has 2 rings (SSSR count). The maximum Gasteiger partial charge on any atom is 0.135 e. The van der Waals surface area contributed by atoms with Crippen molar-refractivity contribution in [2.75, 3.05) is 17.7 Å². The number of rotatable bonds is 4. The fraction of sp³-hybridized carbons (Fsp3) is 0.385.